The molecule has 1 amide bonds. The number of benzene rings is 2. The van der Waals surface area contributed by atoms with Crippen molar-refractivity contribution in [2.75, 3.05) is 6.54 Å². The van der Waals surface area contributed by atoms with Crippen LogP contribution in [-0.2, 0) is 10.2 Å². The fraction of sp³-hybridized carbons (Fsp3) is 0.300. The standard InChI is InChI=1S/C20H21BrFNO3/c1-20(2,3)14-6-4-13(5-7-14)19(25)23-11-10-18(24)26-17-9-8-15(21)12-16(17)22/h4-9,12H,10-11H2,1-3H3,(H,23,25). The first kappa shape index (κ1) is 20.1. The number of nitrogens with one attached hydrogen (secondary N) is 1. The van der Waals surface area contributed by atoms with Gasteiger partial charge in [-0.15, -0.1) is 0 Å². The minimum atomic E-state index is -0.629. The lowest BCUT2D eigenvalue weighted by atomic mass is 9.87. The van der Waals surface area contributed by atoms with Gasteiger partial charge in [0.1, 0.15) is 0 Å². The first-order valence-electron chi connectivity index (χ1n) is 8.21. The first-order valence-corrected chi connectivity index (χ1v) is 9.00. The number of hydrogen-bond donors (Lipinski definition) is 1. The van der Waals surface area contributed by atoms with Crippen molar-refractivity contribution in [2.45, 2.75) is 32.6 Å². The van der Waals surface area contributed by atoms with Gasteiger partial charge in [-0.25, -0.2) is 4.39 Å². The summed E-state index contributed by atoms with van der Waals surface area (Å²) < 4.78 is 19.1. The Morgan fingerprint density at radius 3 is 2.35 bits per heavy atom. The lowest BCUT2D eigenvalue weighted by Crippen LogP contribution is -2.27. The van der Waals surface area contributed by atoms with Gasteiger partial charge in [0.15, 0.2) is 11.6 Å². The minimum Gasteiger partial charge on any atom is -0.423 e. The van der Waals surface area contributed by atoms with Crippen LogP contribution in [0.1, 0.15) is 43.1 Å². The van der Waals surface area contributed by atoms with Crippen LogP contribution >= 0.6 is 15.9 Å². The molecule has 0 fully saturated rings. The lowest BCUT2D eigenvalue weighted by molar-refractivity contribution is -0.134. The molecule has 0 heterocycles. The molecule has 4 nitrogen and oxygen atoms in total. The van der Waals surface area contributed by atoms with Crippen LogP contribution in [0.3, 0.4) is 0 Å². The summed E-state index contributed by atoms with van der Waals surface area (Å²) in [5, 5.41) is 2.66. The molecule has 0 radical (unpaired) electrons. The number of amides is 1. The molecule has 2 aromatic carbocycles. The van der Waals surface area contributed by atoms with E-state index in [9.17, 15) is 14.0 Å². The SMILES string of the molecule is CC(C)(C)c1ccc(C(=O)NCCC(=O)Oc2ccc(Br)cc2F)cc1. The van der Waals surface area contributed by atoms with Crippen molar-refractivity contribution in [2.24, 2.45) is 0 Å². The molecule has 0 unspecified atom stereocenters. The van der Waals surface area contributed by atoms with E-state index in [1.807, 2.05) is 12.1 Å². The van der Waals surface area contributed by atoms with Gasteiger partial charge in [0.2, 0.25) is 0 Å². The Bertz CT molecular complexity index is 798. The Hall–Kier alpha value is -2.21. The summed E-state index contributed by atoms with van der Waals surface area (Å²) in [5.41, 5.74) is 1.67. The van der Waals surface area contributed by atoms with E-state index in [2.05, 4.69) is 42.0 Å². The van der Waals surface area contributed by atoms with Crippen LogP contribution in [0.5, 0.6) is 5.75 Å². The molecule has 0 aliphatic carbocycles. The van der Waals surface area contributed by atoms with E-state index in [0.29, 0.717) is 10.0 Å². The maximum absolute atomic E-state index is 13.6. The zero-order chi connectivity index (χ0) is 19.3. The van der Waals surface area contributed by atoms with Crippen molar-refractivity contribution in [3.8, 4) is 5.75 Å². The smallest absolute Gasteiger partial charge is 0.313 e. The zero-order valence-electron chi connectivity index (χ0n) is 14.9. The van der Waals surface area contributed by atoms with E-state index in [0.717, 1.165) is 5.56 Å². The summed E-state index contributed by atoms with van der Waals surface area (Å²) in [6.07, 6.45) is -0.0542. The third-order valence-corrected chi connectivity index (χ3v) is 4.24. The fourth-order valence-electron chi connectivity index (χ4n) is 2.23. The van der Waals surface area contributed by atoms with Crippen molar-refractivity contribution in [1.82, 2.24) is 5.32 Å². The van der Waals surface area contributed by atoms with Crippen molar-refractivity contribution < 1.29 is 18.7 Å². The Morgan fingerprint density at radius 2 is 1.77 bits per heavy atom. The van der Waals surface area contributed by atoms with Gasteiger partial charge >= 0.3 is 5.97 Å². The van der Waals surface area contributed by atoms with Crippen LogP contribution in [0.15, 0.2) is 46.9 Å². The number of halogens is 2. The average molecular weight is 422 g/mol. The van der Waals surface area contributed by atoms with E-state index in [-0.39, 0.29) is 30.0 Å². The van der Waals surface area contributed by atoms with Gasteiger partial charge in [-0.2, -0.15) is 0 Å². The predicted molar refractivity (Wildman–Crippen MR) is 102 cm³/mol. The first-order chi connectivity index (χ1) is 12.2. The quantitative estimate of drug-likeness (QED) is 0.566. The van der Waals surface area contributed by atoms with Crippen molar-refractivity contribution in [1.29, 1.82) is 0 Å². The van der Waals surface area contributed by atoms with E-state index in [1.54, 1.807) is 18.2 Å². The summed E-state index contributed by atoms with van der Waals surface area (Å²) >= 11 is 3.13. The average Bonchev–Trinajstić information content (AvgIpc) is 2.56. The monoisotopic (exact) mass is 421 g/mol. The summed E-state index contributed by atoms with van der Waals surface area (Å²) in [6.45, 7) is 6.41. The second-order valence-corrected chi connectivity index (χ2v) is 7.80. The van der Waals surface area contributed by atoms with Gasteiger partial charge in [0, 0.05) is 16.6 Å². The number of ether oxygens (including phenoxy) is 1. The molecule has 2 rings (SSSR count). The molecule has 2 aromatic rings. The summed E-state index contributed by atoms with van der Waals surface area (Å²) in [7, 11) is 0. The normalized spacial score (nSPS) is 11.1. The van der Waals surface area contributed by atoms with Crippen LogP contribution in [0.2, 0.25) is 0 Å². The molecular weight excluding hydrogens is 401 g/mol. The highest BCUT2D eigenvalue weighted by molar-refractivity contribution is 9.10. The zero-order valence-corrected chi connectivity index (χ0v) is 16.5. The summed E-state index contributed by atoms with van der Waals surface area (Å²) in [6, 6.07) is 11.5. The Balaban J connectivity index is 1.83. The molecule has 0 aliphatic rings. The molecule has 6 heteroatoms. The van der Waals surface area contributed by atoms with Gasteiger partial charge in [0.05, 0.1) is 6.42 Å². The molecule has 0 spiro atoms. The maximum atomic E-state index is 13.6. The molecule has 0 atom stereocenters. The Labute approximate surface area is 160 Å². The van der Waals surface area contributed by atoms with Crippen molar-refractivity contribution >= 4 is 27.8 Å². The predicted octanol–water partition coefficient (Wildman–Crippen LogP) is 4.61. The van der Waals surface area contributed by atoms with Crippen LogP contribution in [0.25, 0.3) is 0 Å². The molecule has 0 bridgehead atoms. The van der Waals surface area contributed by atoms with E-state index < -0.39 is 11.8 Å². The molecular formula is C20H21BrFNO3. The van der Waals surface area contributed by atoms with E-state index in [4.69, 9.17) is 4.74 Å². The van der Waals surface area contributed by atoms with Gasteiger partial charge in [-0.3, -0.25) is 9.59 Å². The van der Waals surface area contributed by atoms with Crippen molar-refractivity contribution in [3.05, 3.63) is 63.9 Å². The number of carbonyl (C=O) groups is 2. The molecule has 138 valence electrons. The highest BCUT2D eigenvalue weighted by atomic mass is 79.9. The summed E-state index contributed by atoms with van der Waals surface area (Å²) in [4.78, 5) is 23.9. The molecule has 0 aromatic heterocycles. The highest BCUT2D eigenvalue weighted by Crippen LogP contribution is 2.23. The minimum absolute atomic E-state index is 0.0149. The van der Waals surface area contributed by atoms with E-state index >= 15 is 0 Å². The summed E-state index contributed by atoms with van der Waals surface area (Å²) in [5.74, 6) is -1.65. The highest BCUT2D eigenvalue weighted by Gasteiger charge is 2.15. The fourth-order valence-corrected chi connectivity index (χ4v) is 2.57. The maximum Gasteiger partial charge on any atom is 0.313 e. The van der Waals surface area contributed by atoms with E-state index in [1.165, 1.54) is 12.1 Å². The molecule has 26 heavy (non-hydrogen) atoms. The topological polar surface area (TPSA) is 55.4 Å². The van der Waals surface area contributed by atoms with Gasteiger partial charge in [-0.1, -0.05) is 48.8 Å². The van der Waals surface area contributed by atoms with Gasteiger partial charge in [-0.05, 0) is 41.3 Å². The Morgan fingerprint density at radius 1 is 1.12 bits per heavy atom. The second kappa shape index (κ2) is 8.45. The van der Waals surface area contributed by atoms with Gasteiger partial charge < -0.3 is 10.1 Å². The van der Waals surface area contributed by atoms with Crippen LogP contribution in [0, 0.1) is 5.82 Å². The van der Waals surface area contributed by atoms with Crippen LogP contribution < -0.4 is 10.1 Å². The number of hydrogen-bond acceptors (Lipinski definition) is 3. The molecule has 0 saturated carbocycles. The second-order valence-electron chi connectivity index (χ2n) is 6.88. The molecule has 1 N–H and O–H groups in total. The van der Waals surface area contributed by atoms with Crippen LogP contribution in [0.4, 0.5) is 4.39 Å². The lowest BCUT2D eigenvalue weighted by Gasteiger charge is -2.19. The third-order valence-electron chi connectivity index (χ3n) is 3.75. The molecule has 0 saturated heterocycles. The number of esters is 1. The molecule has 0 aliphatic heterocycles. The van der Waals surface area contributed by atoms with Crippen LogP contribution in [-0.4, -0.2) is 18.4 Å². The Kier molecular flexibility index (Phi) is 6.53. The number of rotatable bonds is 5. The third kappa shape index (κ3) is 5.66. The number of carbonyl (C=O) groups excluding carboxylic acids is 2. The largest absolute Gasteiger partial charge is 0.423 e. The van der Waals surface area contributed by atoms with Crippen molar-refractivity contribution in [3.63, 3.8) is 0 Å². The van der Waals surface area contributed by atoms with Gasteiger partial charge in [0.25, 0.3) is 5.91 Å².